The molecule has 0 unspecified atom stereocenters. The summed E-state index contributed by atoms with van der Waals surface area (Å²) in [5, 5.41) is 3.33. The summed E-state index contributed by atoms with van der Waals surface area (Å²) in [4.78, 5) is 4.35. The van der Waals surface area contributed by atoms with Gasteiger partial charge in [-0.15, -0.1) is 11.6 Å². The predicted octanol–water partition coefficient (Wildman–Crippen LogP) is 3.48. The van der Waals surface area contributed by atoms with Crippen molar-refractivity contribution in [1.29, 1.82) is 0 Å². The fraction of sp³-hybridized carbons (Fsp3) is 0.267. The lowest BCUT2D eigenvalue weighted by Gasteiger charge is -2.08. The van der Waals surface area contributed by atoms with Crippen molar-refractivity contribution in [3.05, 3.63) is 53.7 Å². The molecule has 3 nitrogen and oxygen atoms in total. The fourth-order valence-electron chi connectivity index (χ4n) is 1.76. The molecule has 2 aromatic rings. The van der Waals surface area contributed by atoms with Crippen molar-refractivity contribution in [1.82, 2.24) is 4.98 Å². The predicted molar refractivity (Wildman–Crippen MR) is 79.0 cm³/mol. The lowest BCUT2D eigenvalue weighted by Crippen LogP contribution is -2.02. The average molecular weight is 277 g/mol. The van der Waals surface area contributed by atoms with E-state index < -0.39 is 0 Å². The van der Waals surface area contributed by atoms with Gasteiger partial charge in [-0.3, -0.25) is 0 Å². The van der Waals surface area contributed by atoms with Crippen LogP contribution in [0.4, 0.5) is 5.69 Å². The van der Waals surface area contributed by atoms with Gasteiger partial charge in [0.25, 0.3) is 0 Å². The smallest absolute Gasteiger partial charge is 0.213 e. The summed E-state index contributed by atoms with van der Waals surface area (Å²) in [6.07, 6.45) is 0.902. The van der Waals surface area contributed by atoms with Crippen LogP contribution < -0.4 is 10.1 Å². The molecule has 0 fully saturated rings. The average Bonchev–Trinajstić information content (AvgIpc) is 2.47. The summed E-state index contributed by atoms with van der Waals surface area (Å²) in [5.41, 5.74) is 3.27. The number of ether oxygens (including phenoxy) is 1. The molecule has 0 atom stereocenters. The fourth-order valence-corrected chi connectivity index (χ4v) is 1.98. The van der Waals surface area contributed by atoms with E-state index in [1.54, 1.807) is 7.11 Å². The number of hydrogen-bond acceptors (Lipinski definition) is 3. The maximum Gasteiger partial charge on any atom is 0.213 e. The molecule has 1 N–H and O–H groups in total. The Morgan fingerprint density at radius 2 is 1.95 bits per heavy atom. The molecule has 0 aliphatic heterocycles. The Bertz CT molecular complexity index is 514. The Hall–Kier alpha value is -1.74. The third-order valence-corrected chi connectivity index (χ3v) is 2.99. The molecular weight excluding hydrogens is 260 g/mol. The number of alkyl halides is 1. The molecule has 0 bridgehead atoms. The maximum absolute atomic E-state index is 5.71. The topological polar surface area (TPSA) is 34.1 Å². The Balaban J connectivity index is 1.94. The molecule has 100 valence electrons. The Morgan fingerprint density at radius 1 is 1.16 bits per heavy atom. The van der Waals surface area contributed by atoms with Crippen LogP contribution in [0.2, 0.25) is 0 Å². The van der Waals surface area contributed by atoms with Crippen LogP contribution in [0.25, 0.3) is 0 Å². The Labute approximate surface area is 118 Å². The minimum Gasteiger partial charge on any atom is -0.481 e. The minimum atomic E-state index is 0.636. The highest BCUT2D eigenvalue weighted by atomic mass is 35.5. The monoisotopic (exact) mass is 276 g/mol. The van der Waals surface area contributed by atoms with Crippen molar-refractivity contribution in [3.8, 4) is 5.88 Å². The van der Waals surface area contributed by atoms with Crippen molar-refractivity contribution in [2.24, 2.45) is 0 Å². The molecule has 4 heteroatoms. The van der Waals surface area contributed by atoms with E-state index in [1.807, 2.05) is 18.2 Å². The van der Waals surface area contributed by atoms with E-state index in [9.17, 15) is 0 Å². The SMILES string of the molecule is COc1cccc(CNc2ccc(CCCl)cc2)n1. The Morgan fingerprint density at radius 3 is 2.63 bits per heavy atom. The van der Waals surface area contributed by atoms with E-state index in [0.29, 0.717) is 18.3 Å². The van der Waals surface area contributed by atoms with Gasteiger partial charge in [-0.2, -0.15) is 0 Å². The van der Waals surface area contributed by atoms with Crippen molar-refractivity contribution >= 4 is 17.3 Å². The van der Waals surface area contributed by atoms with Gasteiger partial charge in [-0.1, -0.05) is 18.2 Å². The van der Waals surface area contributed by atoms with Gasteiger partial charge in [0.05, 0.1) is 19.3 Å². The second kappa shape index (κ2) is 7.00. The number of benzene rings is 1. The molecule has 1 aromatic heterocycles. The summed E-state index contributed by atoms with van der Waals surface area (Å²) >= 11 is 5.71. The van der Waals surface area contributed by atoms with E-state index in [2.05, 4.69) is 34.6 Å². The molecule has 1 aromatic carbocycles. The van der Waals surface area contributed by atoms with E-state index in [1.165, 1.54) is 5.56 Å². The lowest BCUT2D eigenvalue weighted by molar-refractivity contribution is 0.396. The van der Waals surface area contributed by atoms with Crippen LogP contribution in [0.5, 0.6) is 5.88 Å². The van der Waals surface area contributed by atoms with Gasteiger partial charge < -0.3 is 10.1 Å². The number of pyridine rings is 1. The molecule has 19 heavy (non-hydrogen) atoms. The van der Waals surface area contributed by atoms with E-state index in [0.717, 1.165) is 17.8 Å². The standard InChI is InChI=1S/C15H17ClN2O/c1-19-15-4-2-3-14(18-15)11-17-13-7-5-12(6-8-13)9-10-16/h2-8,17H,9-11H2,1H3. The van der Waals surface area contributed by atoms with Crippen LogP contribution in [0.1, 0.15) is 11.3 Å². The van der Waals surface area contributed by atoms with Crippen molar-refractivity contribution < 1.29 is 4.74 Å². The van der Waals surface area contributed by atoms with Crippen LogP contribution in [0.15, 0.2) is 42.5 Å². The molecule has 0 saturated carbocycles. The quantitative estimate of drug-likeness (QED) is 0.820. The summed E-state index contributed by atoms with van der Waals surface area (Å²) in [7, 11) is 1.62. The van der Waals surface area contributed by atoms with E-state index in [4.69, 9.17) is 16.3 Å². The van der Waals surface area contributed by atoms with Crippen LogP contribution in [-0.4, -0.2) is 18.0 Å². The van der Waals surface area contributed by atoms with Crippen molar-refractivity contribution in [2.75, 3.05) is 18.3 Å². The van der Waals surface area contributed by atoms with Crippen molar-refractivity contribution in [2.45, 2.75) is 13.0 Å². The largest absolute Gasteiger partial charge is 0.481 e. The molecular formula is C15H17ClN2O. The van der Waals surface area contributed by atoms with Gasteiger partial charge >= 0.3 is 0 Å². The Kier molecular flexibility index (Phi) is 5.04. The van der Waals surface area contributed by atoms with E-state index in [-0.39, 0.29) is 0 Å². The van der Waals surface area contributed by atoms with Gasteiger partial charge in [0.1, 0.15) is 0 Å². The first-order chi connectivity index (χ1) is 9.31. The number of nitrogens with zero attached hydrogens (tertiary/aromatic N) is 1. The number of aryl methyl sites for hydroxylation is 1. The molecule has 2 rings (SSSR count). The summed E-state index contributed by atoms with van der Waals surface area (Å²) < 4.78 is 5.10. The zero-order chi connectivity index (χ0) is 13.5. The second-order valence-corrected chi connectivity index (χ2v) is 4.54. The number of rotatable bonds is 6. The molecule has 0 amide bonds. The number of nitrogens with one attached hydrogen (secondary N) is 1. The highest BCUT2D eigenvalue weighted by molar-refractivity contribution is 6.17. The highest BCUT2D eigenvalue weighted by Gasteiger charge is 1.98. The van der Waals surface area contributed by atoms with Gasteiger partial charge in [-0.05, 0) is 30.2 Å². The zero-order valence-corrected chi connectivity index (χ0v) is 11.7. The van der Waals surface area contributed by atoms with Crippen LogP contribution in [0, 0.1) is 0 Å². The second-order valence-electron chi connectivity index (χ2n) is 4.16. The first kappa shape index (κ1) is 13.7. The van der Waals surface area contributed by atoms with Crippen LogP contribution >= 0.6 is 11.6 Å². The lowest BCUT2D eigenvalue weighted by atomic mass is 10.1. The summed E-state index contributed by atoms with van der Waals surface area (Å²) in [6, 6.07) is 14.0. The first-order valence-corrected chi connectivity index (χ1v) is 6.74. The van der Waals surface area contributed by atoms with Gasteiger partial charge in [0.15, 0.2) is 0 Å². The zero-order valence-electron chi connectivity index (χ0n) is 10.9. The normalized spacial score (nSPS) is 10.2. The van der Waals surface area contributed by atoms with Gasteiger partial charge in [-0.25, -0.2) is 4.98 Å². The third kappa shape index (κ3) is 4.14. The van der Waals surface area contributed by atoms with Gasteiger partial charge in [0.2, 0.25) is 5.88 Å². The van der Waals surface area contributed by atoms with Crippen LogP contribution in [0.3, 0.4) is 0 Å². The first-order valence-electron chi connectivity index (χ1n) is 6.20. The highest BCUT2D eigenvalue weighted by Crippen LogP contribution is 2.13. The van der Waals surface area contributed by atoms with Crippen LogP contribution in [-0.2, 0) is 13.0 Å². The number of aromatic nitrogens is 1. The van der Waals surface area contributed by atoms with E-state index >= 15 is 0 Å². The van der Waals surface area contributed by atoms with Crippen molar-refractivity contribution in [3.63, 3.8) is 0 Å². The number of halogens is 1. The molecule has 1 heterocycles. The minimum absolute atomic E-state index is 0.636. The summed E-state index contributed by atoms with van der Waals surface area (Å²) in [6.45, 7) is 0.673. The number of anilines is 1. The number of hydrogen-bond donors (Lipinski definition) is 1. The maximum atomic E-state index is 5.71. The number of methoxy groups -OCH3 is 1. The molecule has 0 saturated heterocycles. The summed E-state index contributed by atoms with van der Waals surface area (Å²) in [5.74, 6) is 1.29. The van der Waals surface area contributed by atoms with Gasteiger partial charge in [0, 0.05) is 17.6 Å². The molecule has 0 spiro atoms. The molecule has 0 radical (unpaired) electrons. The molecule has 0 aliphatic carbocycles. The third-order valence-electron chi connectivity index (χ3n) is 2.80. The molecule has 0 aliphatic rings.